The maximum Gasteiger partial charge on any atom is 0.573 e. The summed E-state index contributed by atoms with van der Waals surface area (Å²) in [6.45, 7) is -0.253. The number of aromatic nitrogens is 2. The predicted molar refractivity (Wildman–Crippen MR) is 93.0 cm³/mol. The van der Waals surface area contributed by atoms with Crippen molar-refractivity contribution in [2.45, 2.75) is 12.9 Å². The van der Waals surface area contributed by atoms with Crippen LogP contribution in [0.5, 0.6) is 5.75 Å². The maximum absolute atomic E-state index is 14.1. The second-order valence-electron chi connectivity index (χ2n) is 5.59. The quantitative estimate of drug-likeness (QED) is 0.627. The van der Waals surface area contributed by atoms with Crippen molar-refractivity contribution in [1.82, 2.24) is 9.78 Å². The summed E-state index contributed by atoms with van der Waals surface area (Å²) in [6, 6.07) is 7.91. The summed E-state index contributed by atoms with van der Waals surface area (Å²) in [5, 5.41) is 14.0. The molecule has 0 unspecified atom stereocenters. The zero-order chi connectivity index (χ0) is 19.6. The molecule has 27 heavy (non-hydrogen) atoms. The van der Waals surface area contributed by atoms with Crippen molar-refractivity contribution in [2.75, 3.05) is 6.61 Å². The van der Waals surface area contributed by atoms with E-state index in [1.807, 2.05) is 0 Å². The van der Waals surface area contributed by atoms with Crippen LogP contribution in [-0.4, -0.2) is 27.9 Å². The van der Waals surface area contributed by atoms with Crippen molar-refractivity contribution in [3.8, 4) is 5.75 Å². The third-order valence-electron chi connectivity index (χ3n) is 3.70. The average Bonchev–Trinajstić information content (AvgIpc) is 2.91. The molecular formula is C18H13ClF4N2O2. The summed E-state index contributed by atoms with van der Waals surface area (Å²) in [7, 11) is 0. The van der Waals surface area contributed by atoms with Gasteiger partial charge in [0.2, 0.25) is 0 Å². The normalized spacial score (nSPS) is 12.2. The van der Waals surface area contributed by atoms with E-state index in [1.54, 1.807) is 0 Å². The fraction of sp³-hybridized carbons (Fsp3) is 0.167. The van der Waals surface area contributed by atoms with E-state index in [1.165, 1.54) is 47.2 Å². The van der Waals surface area contributed by atoms with Crippen LogP contribution >= 0.6 is 11.6 Å². The van der Waals surface area contributed by atoms with Gasteiger partial charge in [-0.1, -0.05) is 23.7 Å². The van der Waals surface area contributed by atoms with Crippen LogP contribution in [0.4, 0.5) is 17.6 Å². The Morgan fingerprint density at radius 1 is 1.19 bits per heavy atom. The molecule has 1 heterocycles. The zero-order valence-corrected chi connectivity index (χ0v) is 14.4. The van der Waals surface area contributed by atoms with Crippen molar-refractivity contribution in [3.63, 3.8) is 0 Å². The number of ether oxygens (including phenoxy) is 1. The van der Waals surface area contributed by atoms with Gasteiger partial charge in [0.1, 0.15) is 11.6 Å². The van der Waals surface area contributed by atoms with Gasteiger partial charge in [-0.3, -0.25) is 4.68 Å². The highest BCUT2D eigenvalue weighted by Crippen LogP contribution is 2.29. The van der Waals surface area contributed by atoms with Crippen molar-refractivity contribution in [1.29, 1.82) is 0 Å². The number of nitrogens with zero attached hydrogens (tertiary/aromatic N) is 2. The second-order valence-corrected chi connectivity index (χ2v) is 6.03. The molecule has 2 aromatic carbocycles. The van der Waals surface area contributed by atoms with E-state index in [9.17, 15) is 17.6 Å². The molecule has 0 aliphatic carbocycles. The SMILES string of the molecule is OCC=Cc1nn(Cc2ccc(Cl)cc2F)c2cc(OC(F)(F)F)ccc12. The highest BCUT2D eigenvalue weighted by Gasteiger charge is 2.31. The van der Waals surface area contributed by atoms with Crippen molar-refractivity contribution in [2.24, 2.45) is 0 Å². The number of alkyl halides is 3. The zero-order valence-electron chi connectivity index (χ0n) is 13.7. The predicted octanol–water partition coefficient (Wildman–Crippen LogP) is 4.78. The molecule has 0 radical (unpaired) electrons. The molecule has 9 heteroatoms. The largest absolute Gasteiger partial charge is 0.573 e. The summed E-state index contributed by atoms with van der Waals surface area (Å²) in [5.74, 6) is -0.966. The molecular weight excluding hydrogens is 388 g/mol. The van der Waals surface area contributed by atoms with Crippen LogP contribution in [0.15, 0.2) is 42.5 Å². The van der Waals surface area contributed by atoms with E-state index in [2.05, 4.69) is 9.84 Å². The molecule has 0 bridgehead atoms. The Labute approximate surface area is 156 Å². The lowest BCUT2D eigenvalue weighted by atomic mass is 10.2. The van der Waals surface area contributed by atoms with Gasteiger partial charge in [0.25, 0.3) is 0 Å². The van der Waals surface area contributed by atoms with Gasteiger partial charge in [0.05, 0.1) is 24.4 Å². The van der Waals surface area contributed by atoms with Crippen molar-refractivity contribution < 1.29 is 27.4 Å². The Balaban J connectivity index is 2.08. The first kappa shape index (κ1) is 19.2. The molecule has 0 saturated heterocycles. The minimum Gasteiger partial charge on any atom is -0.406 e. The first-order chi connectivity index (χ1) is 12.8. The monoisotopic (exact) mass is 400 g/mol. The Morgan fingerprint density at radius 2 is 1.96 bits per heavy atom. The number of benzene rings is 2. The molecule has 1 N–H and O–H groups in total. The van der Waals surface area contributed by atoms with E-state index in [0.29, 0.717) is 16.6 Å². The van der Waals surface area contributed by atoms with Gasteiger partial charge in [-0.2, -0.15) is 5.10 Å². The van der Waals surface area contributed by atoms with Gasteiger partial charge in [-0.15, -0.1) is 13.2 Å². The molecule has 142 valence electrons. The van der Waals surface area contributed by atoms with Crippen molar-refractivity contribution >= 4 is 28.6 Å². The Hall–Kier alpha value is -2.58. The summed E-state index contributed by atoms with van der Waals surface area (Å²) in [4.78, 5) is 0. The molecule has 0 saturated carbocycles. The van der Waals surface area contributed by atoms with E-state index >= 15 is 0 Å². The number of aliphatic hydroxyl groups excluding tert-OH is 1. The Bertz CT molecular complexity index is 999. The van der Waals surface area contributed by atoms with Crippen LogP contribution in [-0.2, 0) is 6.54 Å². The van der Waals surface area contributed by atoms with E-state index in [4.69, 9.17) is 16.7 Å². The second kappa shape index (κ2) is 7.58. The number of halogens is 5. The summed E-state index contributed by atoms with van der Waals surface area (Å²) in [5.41, 5.74) is 1.01. The Kier molecular flexibility index (Phi) is 5.38. The highest BCUT2D eigenvalue weighted by molar-refractivity contribution is 6.30. The third-order valence-corrected chi connectivity index (χ3v) is 3.94. The average molecular weight is 401 g/mol. The van der Waals surface area contributed by atoms with Crippen LogP contribution in [0, 0.1) is 5.82 Å². The number of aliphatic hydroxyl groups is 1. The molecule has 1 aromatic heterocycles. The lowest BCUT2D eigenvalue weighted by Crippen LogP contribution is -2.17. The molecule has 0 aliphatic rings. The van der Waals surface area contributed by atoms with Gasteiger partial charge in [0.15, 0.2) is 0 Å². The minimum absolute atomic E-state index is 0.0259. The topological polar surface area (TPSA) is 47.3 Å². The van der Waals surface area contributed by atoms with E-state index in [-0.39, 0.29) is 23.7 Å². The minimum atomic E-state index is -4.83. The van der Waals surface area contributed by atoms with Crippen molar-refractivity contribution in [3.05, 3.63) is 64.6 Å². The standard InChI is InChI=1S/C18H13ClF4N2O2/c19-12-4-3-11(15(20)8-12)10-25-17-9-13(27-18(21,22)23)5-6-14(17)16(24-25)2-1-7-26/h1-6,8-9,26H,7,10H2. The smallest absolute Gasteiger partial charge is 0.406 e. The lowest BCUT2D eigenvalue weighted by molar-refractivity contribution is -0.274. The first-order valence-electron chi connectivity index (χ1n) is 7.74. The van der Waals surface area contributed by atoms with Crippen LogP contribution in [0.1, 0.15) is 11.3 Å². The van der Waals surface area contributed by atoms with E-state index in [0.717, 1.165) is 6.07 Å². The maximum atomic E-state index is 14.1. The van der Waals surface area contributed by atoms with Gasteiger partial charge in [0, 0.05) is 22.0 Å². The molecule has 0 aliphatic heterocycles. The lowest BCUT2D eigenvalue weighted by Gasteiger charge is -2.10. The molecule has 0 spiro atoms. The van der Waals surface area contributed by atoms with Gasteiger partial charge in [-0.05, 0) is 30.3 Å². The van der Waals surface area contributed by atoms with Crippen LogP contribution in [0.25, 0.3) is 17.0 Å². The number of fused-ring (bicyclic) bond motifs is 1. The van der Waals surface area contributed by atoms with Gasteiger partial charge in [-0.25, -0.2) is 4.39 Å². The molecule has 3 rings (SSSR count). The molecule has 0 atom stereocenters. The summed E-state index contributed by atoms with van der Waals surface area (Å²) in [6.07, 6.45) is -1.86. The molecule has 3 aromatic rings. The van der Waals surface area contributed by atoms with Crippen LogP contribution < -0.4 is 4.74 Å². The van der Waals surface area contributed by atoms with Gasteiger partial charge >= 0.3 is 6.36 Å². The molecule has 4 nitrogen and oxygen atoms in total. The number of hydrogen-bond donors (Lipinski definition) is 1. The number of hydrogen-bond acceptors (Lipinski definition) is 3. The fourth-order valence-corrected chi connectivity index (χ4v) is 2.75. The molecule has 0 amide bonds. The van der Waals surface area contributed by atoms with E-state index < -0.39 is 17.9 Å². The van der Waals surface area contributed by atoms with Gasteiger partial charge < -0.3 is 9.84 Å². The third kappa shape index (κ3) is 4.58. The van der Waals surface area contributed by atoms with Crippen LogP contribution in [0.3, 0.4) is 0 Å². The molecule has 0 fully saturated rings. The first-order valence-corrected chi connectivity index (χ1v) is 8.12. The number of rotatable bonds is 5. The Morgan fingerprint density at radius 3 is 2.63 bits per heavy atom. The fourth-order valence-electron chi connectivity index (χ4n) is 2.60. The summed E-state index contributed by atoms with van der Waals surface area (Å²) < 4.78 is 56.9. The van der Waals surface area contributed by atoms with Crippen LogP contribution in [0.2, 0.25) is 5.02 Å². The highest BCUT2D eigenvalue weighted by atomic mass is 35.5. The summed E-state index contributed by atoms with van der Waals surface area (Å²) >= 11 is 5.74.